The summed E-state index contributed by atoms with van der Waals surface area (Å²) in [5.41, 5.74) is -7.56. The van der Waals surface area contributed by atoms with Crippen LogP contribution in [0.5, 0.6) is 0 Å². The SMILES string of the molecule is FC(F)(F)C(F)(F)C(F)(F)C(F)(F)C(F)(F)C(F)(F)[Si](Cl)(Cl)C(F)(F)F. The molecule has 0 aliphatic rings. The molecule has 0 saturated heterocycles. The zero-order valence-electron chi connectivity index (χ0n) is 10.8. The standard InChI is InChI=1S/C7Cl2F16Si/c8-26(9,7(23,24)25)6(21,22)4(16,17)2(12,13)1(10,11)3(14,15)5(18,19)20. The highest BCUT2D eigenvalue weighted by molar-refractivity contribution is 7.47. The van der Waals surface area contributed by atoms with Gasteiger partial charge in [0.25, 0.3) is 0 Å². The maximum atomic E-state index is 13.2. The molecule has 0 N–H and O–H groups in total. The van der Waals surface area contributed by atoms with E-state index in [9.17, 15) is 70.2 Å². The van der Waals surface area contributed by atoms with Crippen molar-refractivity contribution in [1.29, 1.82) is 0 Å². The van der Waals surface area contributed by atoms with Crippen molar-refractivity contribution >= 4 is 28.9 Å². The zero-order valence-corrected chi connectivity index (χ0v) is 13.3. The molecule has 0 nitrogen and oxygen atoms in total. The summed E-state index contributed by atoms with van der Waals surface area (Å²) >= 11 is 7.82. The van der Waals surface area contributed by atoms with Gasteiger partial charge in [0.1, 0.15) is 0 Å². The van der Waals surface area contributed by atoms with Crippen molar-refractivity contribution < 1.29 is 70.2 Å². The minimum atomic E-state index is -8.38. The lowest BCUT2D eigenvalue weighted by atomic mass is 9.98. The molecule has 0 bridgehead atoms. The van der Waals surface area contributed by atoms with Crippen LogP contribution >= 0.6 is 22.2 Å². The molecular formula is C7Cl2F16Si. The average Bonchev–Trinajstić information content (AvgIpc) is 2.34. The second-order valence-corrected chi connectivity index (χ2v) is 10.8. The van der Waals surface area contributed by atoms with Gasteiger partial charge in [-0.15, -0.1) is 22.2 Å². The molecule has 0 aromatic rings. The van der Waals surface area contributed by atoms with E-state index in [0.29, 0.717) is 0 Å². The maximum absolute atomic E-state index is 13.2. The normalized spacial score (nSPS) is 16.8. The minimum Gasteiger partial charge on any atom is -0.201 e. The number of rotatable bonds is 5. The van der Waals surface area contributed by atoms with E-state index in [1.807, 2.05) is 0 Å². The summed E-state index contributed by atoms with van der Waals surface area (Å²) in [7, 11) is 0. The summed E-state index contributed by atoms with van der Waals surface area (Å²) in [6.07, 6.45) is -7.67. The monoisotopic (exact) mass is 486 g/mol. The fourth-order valence-corrected chi connectivity index (χ4v) is 2.76. The molecule has 0 aromatic heterocycles. The predicted molar refractivity (Wildman–Crippen MR) is 54.3 cm³/mol. The van der Waals surface area contributed by atoms with E-state index >= 15 is 0 Å². The molecule has 0 radical (unpaired) electrons. The third-order valence-electron chi connectivity index (χ3n) is 2.68. The van der Waals surface area contributed by atoms with Gasteiger partial charge in [0.15, 0.2) is 0 Å². The Balaban J connectivity index is 6.61. The highest BCUT2D eigenvalue weighted by atomic mass is 35.7. The smallest absolute Gasteiger partial charge is 0.201 e. The van der Waals surface area contributed by atoms with Gasteiger partial charge in [-0.05, 0) is 0 Å². The van der Waals surface area contributed by atoms with Gasteiger partial charge in [-0.3, -0.25) is 0 Å². The fraction of sp³-hybridized carbons (Fsp3) is 1.00. The van der Waals surface area contributed by atoms with Crippen LogP contribution < -0.4 is 0 Å². The van der Waals surface area contributed by atoms with E-state index in [0.717, 1.165) is 0 Å². The molecule has 0 aromatic carbocycles. The molecule has 0 aliphatic carbocycles. The molecule has 0 rings (SSSR count). The number of hydrogen-bond donors (Lipinski definition) is 0. The highest BCUT2D eigenvalue weighted by Crippen LogP contribution is 2.63. The average molecular weight is 487 g/mol. The molecule has 0 aliphatic heterocycles. The zero-order chi connectivity index (χ0) is 22.0. The number of alkyl halides is 16. The maximum Gasteiger partial charge on any atom is 0.460 e. The molecule has 0 amide bonds. The van der Waals surface area contributed by atoms with E-state index < -0.39 is 47.9 Å². The third-order valence-corrected chi connectivity index (χ3v) is 7.21. The summed E-state index contributed by atoms with van der Waals surface area (Å²) in [6.45, 7) is -8.04. The molecular weight excluding hydrogens is 487 g/mol. The molecule has 158 valence electrons. The van der Waals surface area contributed by atoms with E-state index in [1.165, 1.54) is 0 Å². The van der Waals surface area contributed by atoms with Crippen molar-refractivity contribution in [1.82, 2.24) is 0 Å². The fourth-order valence-electron chi connectivity index (χ4n) is 1.14. The number of halogens is 18. The lowest BCUT2D eigenvalue weighted by Gasteiger charge is -2.42. The van der Waals surface area contributed by atoms with Crippen molar-refractivity contribution in [2.24, 2.45) is 0 Å². The lowest BCUT2D eigenvalue weighted by Crippen LogP contribution is -2.75. The molecule has 0 saturated carbocycles. The van der Waals surface area contributed by atoms with Crippen LogP contribution in [0.2, 0.25) is 0 Å². The molecule has 0 unspecified atom stereocenters. The van der Waals surface area contributed by atoms with Crippen LogP contribution in [0.25, 0.3) is 0 Å². The van der Waals surface area contributed by atoms with E-state index in [1.54, 1.807) is 0 Å². The van der Waals surface area contributed by atoms with Gasteiger partial charge in [-0.25, -0.2) is 8.78 Å². The second kappa shape index (κ2) is 6.09. The Morgan fingerprint density at radius 3 is 0.923 bits per heavy atom. The van der Waals surface area contributed by atoms with Crippen LogP contribution in [-0.2, 0) is 0 Å². The topological polar surface area (TPSA) is 0 Å². The molecule has 0 spiro atoms. The second-order valence-electron chi connectivity index (χ2n) is 4.44. The van der Waals surface area contributed by atoms with Crippen LogP contribution in [0.15, 0.2) is 0 Å². The van der Waals surface area contributed by atoms with Crippen LogP contribution in [-0.4, -0.2) is 47.9 Å². The lowest BCUT2D eigenvalue weighted by molar-refractivity contribution is -0.434. The first kappa shape index (κ1) is 25.7. The Morgan fingerprint density at radius 1 is 0.423 bits per heavy atom. The van der Waals surface area contributed by atoms with Crippen LogP contribution in [0.1, 0.15) is 0 Å². The van der Waals surface area contributed by atoms with Crippen LogP contribution in [0, 0.1) is 0 Å². The first-order valence-corrected chi connectivity index (χ1v) is 9.18. The van der Waals surface area contributed by atoms with E-state index in [2.05, 4.69) is 22.2 Å². The largest absolute Gasteiger partial charge is 0.460 e. The first-order chi connectivity index (χ1) is 10.8. The van der Waals surface area contributed by atoms with Crippen molar-refractivity contribution in [2.45, 2.75) is 41.2 Å². The van der Waals surface area contributed by atoms with E-state index in [-0.39, 0.29) is 0 Å². The highest BCUT2D eigenvalue weighted by Gasteiger charge is 2.95. The van der Waals surface area contributed by atoms with Gasteiger partial charge < -0.3 is 0 Å². The summed E-state index contributed by atoms with van der Waals surface area (Å²) in [4.78, 5) is 0. The summed E-state index contributed by atoms with van der Waals surface area (Å²) in [5.74, 6) is -39.7. The van der Waals surface area contributed by atoms with Gasteiger partial charge in [-0.1, -0.05) is 0 Å². The van der Waals surface area contributed by atoms with Gasteiger partial charge >= 0.3 is 47.9 Å². The van der Waals surface area contributed by atoms with Gasteiger partial charge in [0.2, 0.25) is 0 Å². The van der Waals surface area contributed by atoms with E-state index in [4.69, 9.17) is 0 Å². The van der Waals surface area contributed by atoms with Gasteiger partial charge in [0.05, 0.1) is 0 Å². The molecule has 19 heteroatoms. The number of hydrogen-bond acceptors (Lipinski definition) is 0. The Hall–Kier alpha value is -0.323. The molecule has 0 heterocycles. The molecule has 26 heavy (non-hydrogen) atoms. The Morgan fingerprint density at radius 2 is 0.692 bits per heavy atom. The van der Waals surface area contributed by atoms with Crippen molar-refractivity contribution in [3.8, 4) is 0 Å². The molecule has 0 fully saturated rings. The quantitative estimate of drug-likeness (QED) is 0.243. The summed E-state index contributed by atoms with van der Waals surface area (Å²) in [5, 5.41) is 0. The van der Waals surface area contributed by atoms with Crippen LogP contribution in [0.4, 0.5) is 70.2 Å². The minimum absolute atomic E-state index is 3.91. The molecule has 0 atom stereocenters. The van der Waals surface area contributed by atoms with Gasteiger partial charge in [0, 0.05) is 0 Å². The van der Waals surface area contributed by atoms with Crippen molar-refractivity contribution in [2.75, 3.05) is 0 Å². The summed E-state index contributed by atoms with van der Waals surface area (Å²) in [6, 6.07) is 0. The first-order valence-electron chi connectivity index (χ1n) is 5.15. The van der Waals surface area contributed by atoms with Crippen molar-refractivity contribution in [3.05, 3.63) is 0 Å². The Bertz CT molecular complexity index is 482. The third kappa shape index (κ3) is 3.10. The van der Waals surface area contributed by atoms with Crippen molar-refractivity contribution in [3.63, 3.8) is 0 Å². The van der Waals surface area contributed by atoms with Crippen LogP contribution in [0.3, 0.4) is 0 Å². The van der Waals surface area contributed by atoms with Gasteiger partial charge in [-0.2, -0.15) is 61.5 Å². The Kier molecular flexibility index (Phi) is 6.01. The Labute approximate surface area is 141 Å². The summed E-state index contributed by atoms with van der Waals surface area (Å²) < 4.78 is 201. The predicted octanol–water partition coefficient (Wildman–Crippen LogP) is 6.29.